The maximum atomic E-state index is 14.1. The molecule has 2 aliphatic heterocycles. The van der Waals surface area contributed by atoms with Crippen LogP contribution in [0.1, 0.15) is 57.6 Å². The number of aliphatic carboxylic acids is 2. The number of hydrogen-bond acceptors (Lipinski definition) is 7. The Hall–Kier alpha value is -3.91. The van der Waals surface area contributed by atoms with Crippen LogP contribution in [-0.2, 0) is 25.7 Å². The van der Waals surface area contributed by atoms with Crippen LogP contribution >= 0.6 is 0 Å². The van der Waals surface area contributed by atoms with Crippen LogP contribution in [0.15, 0.2) is 24.3 Å². The van der Waals surface area contributed by atoms with Crippen molar-refractivity contribution in [2.45, 2.75) is 59.5 Å². The minimum absolute atomic E-state index is 0. The van der Waals surface area contributed by atoms with E-state index in [4.69, 9.17) is 14.9 Å². The van der Waals surface area contributed by atoms with E-state index in [2.05, 4.69) is 10.3 Å². The second kappa shape index (κ2) is 17.5. The van der Waals surface area contributed by atoms with Crippen molar-refractivity contribution < 1.29 is 42.9 Å². The Kier molecular flexibility index (Phi) is 14.5. The summed E-state index contributed by atoms with van der Waals surface area (Å²) in [5.74, 6) is -4.43. The van der Waals surface area contributed by atoms with Gasteiger partial charge in [0.2, 0.25) is 5.91 Å². The van der Waals surface area contributed by atoms with E-state index in [0.717, 1.165) is 38.1 Å². The molecule has 2 amide bonds. The van der Waals surface area contributed by atoms with Gasteiger partial charge in [0.1, 0.15) is 0 Å². The number of aryl methyl sites for hydroxylation is 1. The summed E-state index contributed by atoms with van der Waals surface area (Å²) in [6, 6.07) is 1.98. The predicted octanol–water partition coefficient (Wildman–Crippen LogP) is 3.40. The van der Waals surface area contributed by atoms with Crippen molar-refractivity contribution in [1.29, 1.82) is 0 Å². The number of carboxylic acids is 2. The average molecular weight is 638 g/mol. The second-order valence-electron chi connectivity index (χ2n) is 11.3. The summed E-state index contributed by atoms with van der Waals surface area (Å²) in [5, 5.41) is 19.0. The first-order valence-corrected chi connectivity index (χ1v) is 14.7. The molecule has 0 spiro atoms. The molecule has 12 nitrogen and oxygen atoms in total. The van der Waals surface area contributed by atoms with E-state index < -0.39 is 23.6 Å². The van der Waals surface area contributed by atoms with Crippen LogP contribution in [0.2, 0.25) is 0 Å². The number of fused-ring (bicyclic) bond motifs is 1. The van der Waals surface area contributed by atoms with E-state index in [1.807, 2.05) is 18.7 Å². The summed E-state index contributed by atoms with van der Waals surface area (Å²) in [4.78, 5) is 54.2. The Morgan fingerprint density at radius 3 is 2.29 bits per heavy atom. The van der Waals surface area contributed by atoms with Gasteiger partial charge in [0.25, 0.3) is 5.91 Å². The van der Waals surface area contributed by atoms with E-state index in [0.29, 0.717) is 63.3 Å². The zero-order valence-corrected chi connectivity index (χ0v) is 25.3. The molecule has 4 rings (SSSR count). The molecule has 2 aliphatic rings. The first-order chi connectivity index (χ1) is 20.9. The van der Waals surface area contributed by atoms with Gasteiger partial charge in [-0.1, -0.05) is 21.3 Å². The molecule has 1 aromatic carbocycles. The van der Waals surface area contributed by atoms with Gasteiger partial charge in [-0.15, -0.1) is 0 Å². The number of unbranched alkanes of at least 4 members (excludes halogenated alkanes) is 1. The number of piperidine rings is 1. The third-order valence-electron chi connectivity index (χ3n) is 7.44. The van der Waals surface area contributed by atoms with Gasteiger partial charge in [0.15, 0.2) is 17.5 Å². The van der Waals surface area contributed by atoms with Gasteiger partial charge < -0.3 is 34.6 Å². The normalized spacial score (nSPS) is 17.8. The summed E-state index contributed by atoms with van der Waals surface area (Å²) in [7, 11) is 1.63. The first-order valence-electron chi connectivity index (χ1n) is 14.7. The highest BCUT2D eigenvalue weighted by Gasteiger charge is 2.37. The number of halogens is 2. The van der Waals surface area contributed by atoms with Gasteiger partial charge in [-0.3, -0.25) is 9.59 Å². The lowest BCUT2D eigenvalue weighted by atomic mass is 9.92. The molecule has 0 saturated carbocycles. The van der Waals surface area contributed by atoms with Crippen molar-refractivity contribution in [2.24, 2.45) is 11.8 Å². The Balaban J connectivity index is 0.000000693. The van der Waals surface area contributed by atoms with Gasteiger partial charge in [-0.2, -0.15) is 0 Å². The number of nitrogens with one attached hydrogen (secondary N) is 1. The Bertz CT molecular complexity index is 1340. The zero-order chi connectivity index (χ0) is 32.4. The lowest BCUT2D eigenvalue weighted by molar-refractivity contribution is -0.140. The molecule has 14 heteroatoms. The van der Waals surface area contributed by atoms with E-state index in [-0.39, 0.29) is 48.5 Å². The zero-order valence-electron chi connectivity index (χ0n) is 25.3. The lowest BCUT2D eigenvalue weighted by Crippen LogP contribution is -2.56. The third kappa shape index (κ3) is 10.3. The van der Waals surface area contributed by atoms with Gasteiger partial charge in [-0.05, 0) is 31.6 Å². The van der Waals surface area contributed by atoms with E-state index in [9.17, 15) is 28.0 Å². The molecule has 1 aromatic heterocycles. The number of hydrogen-bond donors (Lipinski definition) is 3. The number of methoxy groups -OCH3 is 1. The van der Waals surface area contributed by atoms with E-state index in [1.165, 1.54) is 0 Å². The number of carbonyl (C=O) groups is 4. The monoisotopic (exact) mass is 637 g/mol. The highest BCUT2D eigenvalue weighted by molar-refractivity contribution is 5.95. The largest absolute Gasteiger partial charge is 0.478 e. The van der Waals surface area contributed by atoms with Gasteiger partial charge in [0, 0.05) is 83.3 Å². The van der Waals surface area contributed by atoms with Gasteiger partial charge in [0.05, 0.1) is 17.0 Å². The van der Waals surface area contributed by atoms with Crippen LogP contribution in [0.5, 0.6) is 0 Å². The number of carboxylic acid groups (broad SMARTS) is 2. The Labute approximate surface area is 262 Å². The summed E-state index contributed by atoms with van der Waals surface area (Å²) in [6.07, 6.45) is 4.19. The summed E-state index contributed by atoms with van der Waals surface area (Å²) in [6.45, 7) is 8.36. The van der Waals surface area contributed by atoms with Crippen molar-refractivity contribution >= 4 is 34.8 Å². The molecule has 3 N–H and O–H groups in total. The first kappa shape index (κ1) is 37.3. The Morgan fingerprint density at radius 2 is 1.73 bits per heavy atom. The fourth-order valence-electron chi connectivity index (χ4n) is 5.23. The number of benzene rings is 1. The fourth-order valence-corrected chi connectivity index (χ4v) is 5.23. The molecule has 2 aromatic rings. The van der Waals surface area contributed by atoms with Crippen molar-refractivity contribution in [3.63, 3.8) is 0 Å². The minimum atomic E-state index is -1.26. The highest BCUT2D eigenvalue weighted by Crippen LogP contribution is 2.26. The average Bonchev–Trinajstić information content (AvgIpc) is 3.29. The summed E-state index contributed by atoms with van der Waals surface area (Å²) in [5.41, 5.74) is 0.646. The number of imidazole rings is 1. The van der Waals surface area contributed by atoms with Gasteiger partial charge >= 0.3 is 11.9 Å². The van der Waals surface area contributed by atoms with Crippen molar-refractivity contribution in [3.05, 3.63) is 41.7 Å². The third-order valence-corrected chi connectivity index (χ3v) is 7.44. The molecule has 2 atom stereocenters. The topological polar surface area (TPSA) is 154 Å². The summed E-state index contributed by atoms with van der Waals surface area (Å²) >= 11 is 0. The van der Waals surface area contributed by atoms with Crippen molar-refractivity contribution in [3.8, 4) is 0 Å². The standard InChI is InChI=1S/C26H37F2N5O3.C4H4O4.CH4/c1-17(2)16-33(19-11-18(14-29-15-19)25(34)31-7-6-8-31)26(35)24-30-22-12-20(27)21(28)13-23(22)32(24)9-4-5-10-36-3;5-3(6)1-2-4(7)8;/h12-13,17-19,29H,4-11,14-16H2,1-3H3;1-2H,(H,5,6)(H,7,8);1H4/b;2-1+;/t18-,19+;;/m1../s1. The molecule has 2 fully saturated rings. The molecule has 250 valence electrons. The smallest absolute Gasteiger partial charge is 0.328 e. The molecule has 0 bridgehead atoms. The molecule has 0 radical (unpaired) electrons. The molecule has 2 saturated heterocycles. The molecular weight excluding hydrogens is 592 g/mol. The number of nitrogens with zero attached hydrogens (tertiary/aromatic N) is 4. The molecule has 0 aliphatic carbocycles. The lowest BCUT2D eigenvalue weighted by Gasteiger charge is -2.41. The molecule has 3 heterocycles. The number of aromatic nitrogens is 2. The summed E-state index contributed by atoms with van der Waals surface area (Å²) < 4.78 is 35.0. The quantitative estimate of drug-likeness (QED) is 0.235. The number of carbonyl (C=O) groups excluding carboxylic acids is 2. The maximum Gasteiger partial charge on any atom is 0.328 e. The van der Waals surface area contributed by atoms with Crippen LogP contribution in [0.3, 0.4) is 0 Å². The molecular formula is C31H45F2N5O7. The Morgan fingerprint density at radius 1 is 1.09 bits per heavy atom. The van der Waals surface area contributed by atoms with Crippen LogP contribution in [0.25, 0.3) is 11.0 Å². The number of amides is 2. The van der Waals surface area contributed by atoms with Crippen LogP contribution in [0.4, 0.5) is 8.78 Å². The predicted molar refractivity (Wildman–Crippen MR) is 164 cm³/mol. The van der Waals surface area contributed by atoms with Crippen molar-refractivity contribution in [1.82, 2.24) is 24.7 Å². The van der Waals surface area contributed by atoms with Crippen molar-refractivity contribution in [2.75, 3.05) is 46.4 Å². The highest BCUT2D eigenvalue weighted by atomic mass is 19.2. The van der Waals surface area contributed by atoms with Gasteiger partial charge in [-0.25, -0.2) is 23.4 Å². The van der Waals surface area contributed by atoms with E-state index >= 15 is 0 Å². The molecule has 45 heavy (non-hydrogen) atoms. The fraction of sp³-hybridized carbons (Fsp3) is 0.581. The van der Waals surface area contributed by atoms with Crippen LogP contribution < -0.4 is 5.32 Å². The van der Waals surface area contributed by atoms with Crippen LogP contribution in [0, 0.1) is 23.5 Å². The number of ether oxygens (including phenoxy) is 1. The van der Waals surface area contributed by atoms with E-state index in [1.54, 1.807) is 16.6 Å². The van der Waals surface area contributed by atoms with Crippen LogP contribution in [-0.4, -0.2) is 106 Å². The SMILES string of the molecule is C.COCCCCn1c(C(=O)N(CC(C)C)[C@@H]2CNC[C@H](C(=O)N3CCC3)C2)nc2cc(F)c(F)cc21.O=C(O)/C=C/C(=O)O. The number of likely N-dealkylation sites (tertiary alicyclic amines) is 1. The minimum Gasteiger partial charge on any atom is -0.478 e. The second-order valence-corrected chi connectivity index (χ2v) is 11.3. The molecule has 0 unspecified atom stereocenters. The number of rotatable bonds is 12. The maximum absolute atomic E-state index is 14.1.